The van der Waals surface area contributed by atoms with E-state index in [0.717, 1.165) is 19.2 Å². The summed E-state index contributed by atoms with van der Waals surface area (Å²) in [5.41, 5.74) is 1.69. The van der Waals surface area contributed by atoms with Gasteiger partial charge in [0.05, 0.1) is 11.9 Å². The van der Waals surface area contributed by atoms with E-state index in [1.54, 1.807) is 24.3 Å². The molecule has 0 bridgehead atoms. The van der Waals surface area contributed by atoms with Crippen molar-refractivity contribution in [3.63, 3.8) is 0 Å². The van der Waals surface area contributed by atoms with Crippen LogP contribution in [0.5, 0.6) is 0 Å². The first kappa shape index (κ1) is 19.8. The van der Waals surface area contributed by atoms with E-state index in [-0.39, 0.29) is 11.4 Å². The molecule has 0 aliphatic carbocycles. The van der Waals surface area contributed by atoms with Crippen LogP contribution >= 0.6 is 0 Å². The van der Waals surface area contributed by atoms with Crippen molar-refractivity contribution in [2.45, 2.75) is 0 Å². The van der Waals surface area contributed by atoms with E-state index in [2.05, 4.69) is 9.97 Å². The van der Waals surface area contributed by atoms with Crippen molar-refractivity contribution in [1.29, 1.82) is 0 Å². The third-order valence-corrected chi connectivity index (χ3v) is 6.38. The highest BCUT2D eigenvalue weighted by atomic mass is 32.2. The molecule has 4 rings (SSSR count). The molecule has 7 nitrogen and oxygen atoms in total. The first-order chi connectivity index (χ1) is 14.4. The van der Waals surface area contributed by atoms with Crippen molar-refractivity contribution >= 4 is 33.1 Å². The Kier molecular flexibility index (Phi) is 5.11. The molecule has 0 fully saturated rings. The molecule has 0 aliphatic heterocycles. The van der Waals surface area contributed by atoms with Gasteiger partial charge in [-0.25, -0.2) is 8.96 Å². The molecule has 8 heteroatoms. The lowest BCUT2D eigenvalue weighted by molar-refractivity contribution is 0.510. The molecule has 2 aromatic carbocycles. The molecule has 1 N–H and O–H groups in total. The Hall–Kier alpha value is -3.49. The van der Waals surface area contributed by atoms with Crippen molar-refractivity contribution in [1.82, 2.24) is 18.2 Å². The Morgan fingerprint density at radius 1 is 1.00 bits per heavy atom. The van der Waals surface area contributed by atoms with Gasteiger partial charge in [0, 0.05) is 30.7 Å². The predicted octanol–water partition coefficient (Wildman–Crippen LogP) is 3.22. The molecule has 0 atom stereocenters. The van der Waals surface area contributed by atoms with Crippen molar-refractivity contribution in [3.05, 3.63) is 88.7 Å². The smallest absolute Gasteiger partial charge is 0.308 e. The molecule has 4 aromatic rings. The van der Waals surface area contributed by atoms with Gasteiger partial charge in [-0.05, 0) is 29.7 Å². The number of benzene rings is 2. The number of hydrogen-bond acceptors (Lipinski definition) is 4. The second-order valence-electron chi connectivity index (χ2n) is 6.91. The molecule has 2 heterocycles. The summed E-state index contributed by atoms with van der Waals surface area (Å²) >= 11 is 0. The lowest BCUT2D eigenvalue weighted by atomic mass is 10.1. The molecule has 0 saturated heterocycles. The van der Waals surface area contributed by atoms with Gasteiger partial charge in [-0.1, -0.05) is 48.5 Å². The van der Waals surface area contributed by atoms with E-state index < -0.39 is 10.2 Å². The standard InChI is InChI=1S/C22H20N4O3S/c1-25(2)30(28,29)26-15-20(16-8-4-3-5-9-16)24-21(26)13-12-18-14-17-10-6-7-11-19(17)22(27)23-18/h3-15H,1-2H3,(H,23,27). The minimum Gasteiger partial charge on any atom is -0.322 e. The van der Waals surface area contributed by atoms with Gasteiger partial charge < -0.3 is 4.98 Å². The van der Waals surface area contributed by atoms with Gasteiger partial charge in [-0.15, -0.1) is 0 Å². The summed E-state index contributed by atoms with van der Waals surface area (Å²) in [6, 6.07) is 18.4. The van der Waals surface area contributed by atoms with Crippen LogP contribution in [-0.2, 0) is 10.2 Å². The molecule has 30 heavy (non-hydrogen) atoms. The number of nitrogens with one attached hydrogen (secondary N) is 1. The van der Waals surface area contributed by atoms with Gasteiger partial charge in [0.15, 0.2) is 0 Å². The van der Waals surface area contributed by atoms with Gasteiger partial charge in [0.2, 0.25) is 0 Å². The van der Waals surface area contributed by atoms with E-state index in [4.69, 9.17) is 0 Å². The third-order valence-electron chi connectivity index (χ3n) is 4.67. The Morgan fingerprint density at radius 2 is 1.70 bits per heavy atom. The molecule has 0 aliphatic rings. The first-order valence-corrected chi connectivity index (χ1v) is 10.6. The molecule has 152 valence electrons. The average Bonchev–Trinajstić information content (AvgIpc) is 3.18. The van der Waals surface area contributed by atoms with E-state index in [9.17, 15) is 13.2 Å². The van der Waals surface area contributed by atoms with Crippen LogP contribution in [0.2, 0.25) is 0 Å². The molecule has 0 saturated carbocycles. The summed E-state index contributed by atoms with van der Waals surface area (Å²) in [4.78, 5) is 19.6. The highest BCUT2D eigenvalue weighted by Crippen LogP contribution is 2.22. The highest BCUT2D eigenvalue weighted by Gasteiger charge is 2.21. The topological polar surface area (TPSA) is 88.1 Å². The van der Waals surface area contributed by atoms with Crippen LogP contribution in [0.4, 0.5) is 0 Å². The molecule has 0 spiro atoms. The second-order valence-corrected chi connectivity index (χ2v) is 8.93. The minimum atomic E-state index is -3.78. The number of fused-ring (bicyclic) bond motifs is 1. The van der Waals surface area contributed by atoms with Crippen LogP contribution in [0.3, 0.4) is 0 Å². The van der Waals surface area contributed by atoms with Crippen LogP contribution in [0.25, 0.3) is 34.2 Å². The highest BCUT2D eigenvalue weighted by molar-refractivity contribution is 7.87. The Labute approximate surface area is 174 Å². The van der Waals surface area contributed by atoms with Crippen molar-refractivity contribution in [2.75, 3.05) is 14.1 Å². The van der Waals surface area contributed by atoms with Crippen LogP contribution < -0.4 is 5.56 Å². The molecule has 0 radical (unpaired) electrons. The summed E-state index contributed by atoms with van der Waals surface area (Å²) in [7, 11) is -0.849. The maximum absolute atomic E-state index is 12.8. The summed E-state index contributed by atoms with van der Waals surface area (Å²) in [5.74, 6) is 0.233. The van der Waals surface area contributed by atoms with Gasteiger partial charge in [0.1, 0.15) is 5.82 Å². The van der Waals surface area contributed by atoms with Gasteiger partial charge in [-0.3, -0.25) is 4.79 Å². The molecule has 0 unspecified atom stereocenters. The van der Waals surface area contributed by atoms with Crippen LogP contribution in [0.15, 0.2) is 71.7 Å². The number of pyridine rings is 1. The summed E-state index contributed by atoms with van der Waals surface area (Å²) in [5, 5.41) is 1.40. The van der Waals surface area contributed by atoms with Gasteiger partial charge >= 0.3 is 10.2 Å². The molecular formula is C22H20N4O3S. The lowest BCUT2D eigenvalue weighted by Crippen LogP contribution is -2.29. The van der Waals surface area contributed by atoms with E-state index in [0.29, 0.717) is 16.8 Å². The zero-order chi connectivity index (χ0) is 21.3. The number of aromatic amines is 1. The fourth-order valence-corrected chi connectivity index (χ4v) is 4.01. The fraction of sp³-hybridized carbons (Fsp3) is 0.0909. The van der Waals surface area contributed by atoms with E-state index >= 15 is 0 Å². The normalized spacial score (nSPS) is 12.2. The number of H-pyrrole nitrogens is 1. The molecule has 2 aromatic heterocycles. The van der Waals surface area contributed by atoms with Gasteiger partial charge in [-0.2, -0.15) is 12.7 Å². The maximum atomic E-state index is 12.8. The largest absolute Gasteiger partial charge is 0.322 e. The van der Waals surface area contributed by atoms with Crippen LogP contribution in [0, 0.1) is 0 Å². The predicted molar refractivity (Wildman–Crippen MR) is 119 cm³/mol. The lowest BCUT2D eigenvalue weighted by Gasteiger charge is -2.12. The number of nitrogens with zero attached hydrogens (tertiary/aromatic N) is 3. The zero-order valence-corrected chi connectivity index (χ0v) is 17.3. The minimum absolute atomic E-state index is 0.207. The monoisotopic (exact) mass is 420 g/mol. The Balaban J connectivity index is 1.82. The number of rotatable bonds is 5. The maximum Gasteiger partial charge on any atom is 0.308 e. The summed E-state index contributed by atoms with van der Waals surface area (Å²) < 4.78 is 27.8. The Bertz CT molecular complexity index is 1400. The van der Waals surface area contributed by atoms with Crippen LogP contribution in [-0.4, -0.2) is 40.8 Å². The summed E-state index contributed by atoms with van der Waals surface area (Å²) in [6.07, 6.45) is 4.72. The van der Waals surface area contributed by atoms with Crippen molar-refractivity contribution < 1.29 is 8.42 Å². The van der Waals surface area contributed by atoms with Gasteiger partial charge in [0.25, 0.3) is 5.56 Å². The second kappa shape index (κ2) is 7.74. The number of aromatic nitrogens is 3. The average molecular weight is 420 g/mol. The first-order valence-electron chi connectivity index (χ1n) is 9.24. The quantitative estimate of drug-likeness (QED) is 0.537. The number of hydrogen-bond donors (Lipinski definition) is 1. The van der Waals surface area contributed by atoms with E-state index in [1.165, 1.54) is 20.3 Å². The third kappa shape index (κ3) is 3.70. The zero-order valence-electron chi connectivity index (χ0n) is 16.5. The molecular weight excluding hydrogens is 400 g/mol. The Morgan fingerprint density at radius 3 is 2.43 bits per heavy atom. The van der Waals surface area contributed by atoms with Crippen LogP contribution in [0.1, 0.15) is 11.5 Å². The summed E-state index contributed by atoms with van der Waals surface area (Å²) in [6.45, 7) is 0. The van der Waals surface area contributed by atoms with Crippen molar-refractivity contribution in [2.24, 2.45) is 0 Å². The molecule has 0 amide bonds. The fourth-order valence-electron chi connectivity index (χ4n) is 3.08. The SMILES string of the molecule is CN(C)S(=O)(=O)n1cc(-c2ccccc2)nc1C=Cc1cc2ccccc2c(=O)[nH]1. The number of imidazole rings is 1. The van der Waals surface area contributed by atoms with E-state index in [1.807, 2.05) is 48.5 Å². The van der Waals surface area contributed by atoms with Crippen molar-refractivity contribution in [3.8, 4) is 11.3 Å².